The average Bonchev–Trinajstić information content (AvgIpc) is 2.94. The van der Waals surface area contributed by atoms with E-state index >= 15 is 0 Å². The number of likely N-dealkylation sites (N-methyl/N-ethyl adjacent to an activating group) is 2. The lowest BCUT2D eigenvalue weighted by molar-refractivity contribution is -0.134. The number of nitrogens with one attached hydrogen (secondary N) is 3. The van der Waals surface area contributed by atoms with Crippen LogP contribution in [0.4, 0.5) is 4.79 Å². The Hall–Kier alpha value is -2.30. The van der Waals surface area contributed by atoms with E-state index in [0.717, 1.165) is 4.90 Å². The summed E-state index contributed by atoms with van der Waals surface area (Å²) in [5, 5.41) is 6.15. The molecule has 11 heteroatoms. The highest BCUT2D eigenvalue weighted by atomic mass is 32.1. The average molecular weight is 506 g/mol. The number of rotatable bonds is 10. The van der Waals surface area contributed by atoms with Gasteiger partial charge in [0.1, 0.15) is 17.6 Å². The van der Waals surface area contributed by atoms with Crippen LogP contribution in [-0.4, -0.2) is 83.0 Å². The minimum Gasteiger partial charge on any atom is -0.357 e. The van der Waals surface area contributed by atoms with E-state index in [0.29, 0.717) is 0 Å². The first-order chi connectivity index (χ1) is 17.9. The summed E-state index contributed by atoms with van der Waals surface area (Å²) in [5.74, 6) is -4.78. The maximum absolute atomic E-state index is 13.3. The molecule has 0 spiro atoms. The van der Waals surface area contributed by atoms with E-state index in [9.17, 15) is 24.0 Å². The van der Waals surface area contributed by atoms with Gasteiger partial charge in [-0.15, -0.1) is 0 Å². The lowest BCUT2D eigenvalue weighted by Gasteiger charge is -2.32. The summed E-state index contributed by atoms with van der Waals surface area (Å²) in [4.78, 5) is 66.2. The second-order valence-corrected chi connectivity index (χ2v) is 10.6. The minimum absolute atomic E-state index is 0.102. The monoisotopic (exact) mass is 505 g/mol. The molecule has 3 N–H and O–H groups in total. The van der Waals surface area contributed by atoms with Crippen molar-refractivity contribution in [1.29, 1.82) is 0 Å². The van der Waals surface area contributed by atoms with Crippen molar-refractivity contribution < 1.29 is 32.2 Å². The van der Waals surface area contributed by atoms with Crippen molar-refractivity contribution in [2.75, 3.05) is 20.6 Å². The molecule has 6 amide bonds. The molecule has 0 unspecified atom stereocenters. The van der Waals surface area contributed by atoms with Gasteiger partial charge in [0.15, 0.2) is 0 Å². The van der Waals surface area contributed by atoms with Gasteiger partial charge in [0, 0.05) is 28.9 Å². The molecule has 1 aliphatic heterocycles. The number of hydrogen-bond donors (Lipinski definition) is 4. The van der Waals surface area contributed by atoms with Crippen LogP contribution in [0.25, 0.3) is 0 Å². The summed E-state index contributed by atoms with van der Waals surface area (Å²) in [6.07, 6.45) is -0.882. The molecule has 0 radical (unpaired) electrons. The second kappa shape index (κ2) is 11.4. The third-order valence-corrected chi connectivity index (χ3v) is 6.31. The Morgan fingerprint density at radius 1 is 1.09 bits per heavy atom. The molecule has 0 aromatic heterocycles. The molecule has 1 fully saturated rings. The molecule has 0 bridgehead atoms. The third kappa shape index (κ3) is 7.10. The van der Waals surface area contributed by atoms with Crippen molar-refractivity contribution >= 4 is 42.3 Å². The summed E-state index contributed by atoms with van der Waals surface area (Å²) < 4.78 is 46.3. The molecule has 1 saturated heterocycles. The molecule has 34 heavy (non-hydrogen) atoms. The van der Waals surface area contributed by atoms with E-state index < -0.39 is 84.0 Å². The molecule has 1 heterocycles. The molecular weight excluding hydrogens is 458 g/mol. The fourth-order valence-corrected chi connectivity index (χ4v) is 3.55. The summed E-state index contributed by atoms with van der Waals surface area (Å²) in [5.41, 5.74) is -1.86. The fraction of sp³-hybridized carbons (Fsp3) is 0.783. The maximum Gasteiger partial charge on any atom is 0.327 e. The van der Waals surface area contributed by atoms with Crippen molar-refractivity contribution in [2.24, 2.45) is 11.3 Å². The van der Waals surface area contributed by atoms with Crippen molar-refractivity contribution in [3.8, 4) is 0 Å². The number of carbonyl (C=O) groups excluding carboxylic acids is 5. The number of amides is 6. The zero-order valence-electron chi connectivity index (χ0n) is 26.8. The Balaban J connectivity index is 3.20. The zero-order valence-corrected chi connectivity index (χ0v) is 21.7. The molecule has 0 aromatic rings. The molecule has 1 aliphatic rings. The highest BCUT2D eigenvalue weighted by Gasteiger charge is 2.49. The predicted molar refractivity (Wildman–Crippen MR) is 133 cm³/mol. The maximum atomic E-state index is 13.3. The van der Waals surface area contributed by atoms with Crippen molar-refractivity contribution in [2.45, 2.75) is 84.0 Å². The van der Waals surface area contributed by atoms with Crippen molar-refractivity contribution in [1.82, 2.24) is 25.8 Å². The second-order valence-electron chi connectivity index (χ2n) is 9.93. The van der Waals surface area contributed by atoms with Gasteiger partial charge in [-0.2, -0.15) is 12.6 Å². The lowest BCUT2D eigenvalue weighted by atomic mass is 9.85. The van der Waals surface area contributed by atoms with E-state index in [4.69, 9.17) is 8.22 Å². The number of urea groups is 1. The number of carbonyl (C=O) groups is 5. The Bertz CT molecular complexity index is 984. The van der Waals surface area contributed by atoms with Crippen molar-refractivity contribution in [3.05, 3.63) is 0 Å². The Kier molecular flexibility index (Phi) is 7.06. The summed E-state index contributed by atoms with van der Waals surface area (Å²) in [7, 11) is 2.84. The molecule has 0 saturated carbocycles. The van der Waals surface area contributed by atoms with E-state index in [-0.39, 0.29) is 13.0 Å². The van der Waals surface area contributed by atoms with E-state index in [1.807, 2.05) is 0 Å². The molecular formula is C23H41N5O5S. The van der Waals surface area contributed by atoms with Crippen LogP contribution in [0.3, 0.4) is 0 Å². The third-order valence-electron chi connectivity index (χ3n) is 5.82. The topological polar surface area (TPSA) is 128 Å². The van der Waals surface area contributed by atoms with Crippen LogP contribution in [0.5, 0.6) is 0 Å². The van der Waals surface area contributed by atoms with Crippen LogP contribution in [0, 0.1) is 11.3 Å². The van der Waals surface area contributed by atoms with Gasteiger partial charge in [-0.25, -0.2) is 4.79 Å². The Morgan fingerprint density at radius 2 is 1.68 bits per heavy atom. The molecule has 194 valence electrons. The van der Waals surface area contributed by atoms with Crippen LogP contribution in [0.2, 0.25) is 0 Å². The predicted octanol–water partition coefficient (Wildman–Crippen LogP) is 1.16. The quantitative estimate of drug-likeness (QED) is 0.262. The first-order valence-electron chi connectivity index (χ1n) is 14.0. The van der Waals surface area contributed by atoms with E-state index in [2.05, 4.69) is 28.6 Å². The van der Waals surface area contributed by atoms with Gasteiger partial charge in [-0.1, -0.05) is 34.5 Å². The molecule has 0 aliphatic carbocycles. The van der Waals surface area contributed by atoms with Gasteiger partial charge < -0.3 is 20.9 Å². The van der Waals surface area contributed by atoms with Crippen molar-refractivity contribution in [3.63, 3.8) is 0 Å². The van der Waals surface area contributed by atoms with Gasteiger partial charge in [0.25, 0.3) is 5.91 Å². The molecule has 1 rings (SSSR count). The van der Waals surface area contributed by atoms with Crippen LogP contribution >= 0.6 is 12.6 Å². The van der Waals surface area contributed by atoms with Crippen LogP contribution < -0.4 is 16.0 Å². The summed E-state index contributed by atoms with van der Waals surface area (Å²) >= 11 is 4.24. The van der Waals surface area contributed by atoms with Gasteiger partial charge >= 0.3 is 6.03 Å². The van der Waals surface area contributed by atoms with Crippen LogP contribution in [-0.2, 0) is 19.2 Å². The summed E-state index contributed by atoms with van der Waals surface area (Å²) in [6, 6.07) is -3.29. The number of nitrogens with zero attached hydrogens (tertiary/aromatic N) is 2. The SMILES string of the molecule is [2H]C([2H])([2H])C(C[C@H](NC(=O)[C@@H](S)CCN1C(=O)N(C)C(C)(C)C1=O)C(=O)N[C@H](C(=O)NC)C(C)(C)C)C([2H])([2H])[2H]. The van der Waals surface area contributed by atoms with Gasteiger partial charge in [-0.05, 0) is 38.0 Å². The molecule has 0 aromatic carbocycles. The van der Waals surface area contributed by atoms with E-state index in [1.165, 1.54) is 19.0 Å². The Morgan fingerprint density at radius 3 is 2.12 bits per heavy atom. The van der Waals surface area contributed by atoms with Crippen LogP contribution in [0.15, 0.2) is 0 Å². The number of imide groups is 1. The number of thiol groups is 1. The fourth-order valence-electron chi connectivity index (χ4n) is 3.36. The largest absolute Gasteiger partial charge is 0.357 e. The van der Waals surface area contributed by atoms with E-state index in [1.54, 1.807) is 34.6 Å². The smallest absolute Gasteiger partial charge is 0.327 e. The first kappa shape index (κ1) is 21.0. The highest BCUT2D eigenvalue weighted by molar-refractivity contribution is 7.81. The van der Waals surface area contributed by atoms with Gasteiger partial charge in [0.05, 0.1) is 5.25 Å². The first-order valence-corrected chi connectivity index (χ1v) is 11.5. The summed E-state index contributed by atoms with van der Waals surface area (Å²) in [6.45, 7) is 2.06. The molecule has 10 nitrogen and oxygen atoms in total. The van der Waals surface area contributed by atoms with Gasteiger partial charge in [0.2, 0.25) is 17.7 Å². The lowest BCUT2D eigenvalue weighted by Crippen LogP contribution is -2.58. The van der Waals surface area contributed by atoms with Crippen LogP contribution in [0.1, 0.15) is 69.4 Å². The molecule has 3 atom stereocenters. The normalized spacial score (nSPS) is 21.9. The van der Waals surface area contributed by atoms with Gasteiger partial charge in [-0.3, -0.25) is 24.1 Å². The number of hydrogen-bond acceptors (Lipinski definition) is 6. The Labute approximate surface area is 216 Å². The minimum atomic E-state index is -2.99. The zero-order chi connectivity index (χ0) is 31.6. The highest BCUT2D eigenvalue weighted by Crippen LogP contribution is 2.26. The standard InChI is InChI=1S/C23H41N5O5S/c1-13(2)12-14(17(29)26-16(19(31)24-8)22(3,4)5)25-18(30)15(34)10-11-28-20(32)23(6,7)27(9)21(28)33/h13-16,34H,10-12H2,1-9H3,(H,24,31)(H,25,30)(H,26,29)/t14-,15-,16+/m0/s1/i1D3,2D3.